The number of nitrogens with one attached hydrogen (secondary N) is 2. The summed E-state index contributed by atoms with van der Waals surface area (Å²) in [5.41, 5.74) is 6.22. The van der Waals surface area contributed by atoms with Crippen LogP contribution < -0.4 is 11.3 Å². The van der Waals surface area contributed by atoms with E-state index in [0.29, 0.717) is 30.6 Å². The quantitative estimate of drug-likeness (QED) is 0.509. The molecule has 1 heterocycles. The number of carboxylic acids is 1. The van der Waals surface area contributed by atoms with Crippen LogP contribution in [0.1, 0.15) is 44.9 Å². The molecule has 0 spiro atoms. The minimum atomic E-state index is -1.06. The van der Waals surface area contributed by atoms with Gasteiger partial charge in [-0.05, 0) is 29.5 Å². The highest BCUT2D eigenvalue weighted by Gasteiger charge is 2.29. The van der Waals surface area contributed by atoms with Gasteiger partial charge in [0.05, 0.1) is 5.69 Å². The van der Waals surface area contributed by atoms with E-state index in [0.717, 1.165) is 23.1 Å². The van der Waals surface area contributed by atoms with Crippen LogP contribution in [0.4, 0.5) is 0 Å². The summed E-state index contributed by atoms with van der Waals surface area (Å²) in [6.45, 7) is 0.420. The van der Waals surface area contributed by atoms with E-state index in [1.807, 2.05) is 24.3 Å². The number of aromatic carboxylic acids is 1. The molecule has 0 amide bonds. The minimum absolute atomic E-state index is 0.0237. The highest BCUT2D eigenvalue weighted by molar-refractivity contribution is 6.04. The number of H-pyrrole nitrogens is 1. The third-order valence-corrected chi connectivity index (χ3v) is 4.01. The first kappa shape index (κ1) is 14.5. The van der Waals surface area contributed by atoms with Gasteiger partial charge >= 0.3 is 5.97 Å². The van der Waals surface area contributed by atoms with E-state index in [9.17, 15) is 14.7 Å². The van der Waals surface area contributed by atoms with Crippen molar-refractivity contribution in [1.82, 2.24) is 10.4 Å². The van der Waals surface area contributed by atoms with Crippen LogP contribution in [0.15, 0.2) is 24.3 Å². The molecule has 3 rings (SSSR count). The lowest BCUT2D eigenvalue weighted by molar-refractivity contribution is 0.0692. The Morgan fingerprint density at radius 2 is 2.09 bits per heavy atom. The standard InChI is InChI=1S/C16H17N3O3/c17-18-8-9-4-1-2-5-10(9)13-11-6-3-7-12(20)14(11)19-15(13)16(21)22/h1-2,4-5,18-19H,3,6-8,17H2,(H,21,22). The summed E-state index contributed by atoms with van der Waals surface area (Å²) in [5, 5.41) is 9.50. The third kappa shape index (κ3) is 2.32. The molecule has 6 heteroatoms. The fourth-order valence-electron chi connectivity index (χ4n) is 3.06. The van der Waals surface area contributed by atoms with E-state index in [2.05, 4.69) is 10.4 Å². The molecule has 0 atom stereocenters. The molecule has 22 heavy (non-hydrogen) atoms. The number of rotatable bonds is 4. The number of carbonyl (C=O) groups is 2. The van der Waals surface area contributed by atoms with E-state index < -0.39 is 5.97 Å². The first-order chi connectivity index (χ1) is 10.6. The number of carbonyl (C=O) groups excluding carboxylic acids is 1. The van der Waals surface area contributed by atoms with Crippen molar-refractivity contribution >= 4 is 11.8 Å². The molecular weight excluding hydrogens is 282 g/mol. The summed E-state index contributed by atoms with van der Waals surface area (Å²) in [6, 6.07) is 7.48. The van der Waals surface area contributed by atoms with Gasteiger partial charge in [-0.3, -0.25) is 16.1 Å². The molecule has 0 saturated carbocycles. The van der Waals surface area contributed by atoms with E-state index >= 15 is 0 Å². The summed E-state index contributed by atoms with van der Waals surface area (Å²) in [5.74, 6) is 4.33. The topological polar surface area (TPSA) is 108 Å². The van der Waals surface area contributed by atoms with Gasteiger partial charge in [0.15, 0.2) is 5.78 Å². The first-order valence-electron chi connectivity index (χ1n) is 7.16. The van der Waals surface area contributed by atoms with Gasteiger partial charge in [-0.1, -0.05) is 24.3 Å². The molecule has 6 nitrogen and oxygen atoms in total. The Labute approximate surface area is 127 Å². The third-order valence-electron chi connectivity index (χ3n) is 4.01. The zero-order chi connectivity index (χ0) is 15.7. The highest BCUT2D eigenvalue weighted by Crippen LogP contribution is 2.36. The Morgan fingerprint density at radius 1 is 1.32 bits per heavy atom. The number of carboxylic acid groups (broad SMARTS) is 1. The van der Waals surface area contributed by atoms with Crippen LogP contribution in [-0.4, -0.2) is 21.8 Å². The number of hydrogen-bond acceptors (Lipinski definition) is 4. The van der Waals surface area contributed by atoms with Crippen molar-refractivity contribution in [3.05, 3.63) is 46.8 Å². The van der Waals surface area contributed by atoms with Crippen molar-refractivity contribution in [1.29, 1.82) is 0 Å². The molecule has 0 aliphatic heterocycles. The molecule has 114 valence electrons. The first-order valence-corrected chi connectivity index (χ1v) is 7.16. The summed E-state index contributed by atoms with van der Waals surface area (Å²) in [7, 11) is 0. The SMILES string of the molecule is NNCc1ccccc1-c1c(C(=O)O)[nH]c2c1CCCC2=O. The van der Waals surface area contributed by atoms with Gasteiger partial charge in [-0.25, -0.2) is 4.79 Å². The molecule has 2 aromatic rings. The lowest BCUT2D eigenvalue weighted by Gasteiger charge is -2.14. The van der Waals surface area contributed by atoms with Gasteiger partial charge in [0.2, 0.25) is 0 Å². The van der Waals surface area contributed by atoms with Crippen LogP contribution in [-0.2, 0) is 13.0 Å². The number of ketones is 1. The van der Waals surface area contributed by atoms with E-state index in [1.54, 1.807) is 0 Å². The number of benzene rings is 1. The fraction of sp³-hybridized carbons (Fsp3) is 0.250. The molecule has 0 bridgehead atoms. The fourth-order valence-corrected chi connectivity index (χ4v) is 3.06. The predicted octanol–water partition coefficient (Wildman–Crippen LogP) is 1.86. The van der Waals surface area contributed by atoms with Crippen molar-refractivity contribution in [2.75, 3.05) is 0 Å². The molecule has 5 N–H and O–H groups in total. The summed E-state index contributed by atoms with van der Waals surface area (Å²) in [6.07, 6.45) is 1.90. The number of Topliss-reactive ketones (excluding diaryl/α,β-unsaturated/α-hetero) is 1. The van der Waals surface area contributed by atoms with Crippen LogP contribution in [0.2, 0.25) is 0 Å². The highest BCUT2D eigenvalue weighted by atomic mass is 16.4. The normalized spacial score (nSPS) is 14.0. The van der Waals surface area contributed by atoms with Crippen LogP contribution in [0.5, 0.6) is 0 Å². The largest absolute Gasteiger partial charge is 0.477 e. The molecular formula is C16H17N3O3. The molecule has 1 aliphatic carbocycles. The van der Waals surface area contributed by atoms with Gasteiger partial charge in [-0.2, -0.15) is 0 Å². The lowest BCUT2D eigenvalue weighted by Crippen LogP contribution is -2.21. The van der Waals surface area contributed by atoms with Crippen LogP contribution in [0, 0.1) is 0 Å². The van der Waals surface area contributed by atoms with Crippen molar-refractivity contribution in [2.24, 2.45) is 5.84 Å². The zero-order valence-corrected chi connectivity index (χ0v) is 12.0. The van der Waals surface area contributed by atoms with Gasteiger partial charge in [-0.15, -0.1) is 0 Å². The second kappa shape index (κ2) is 5.75. The van der Waals surface area contributed by atoms with Gasteiger partial charge in [0, 0.05) is 18.5 Å². The predicted molar refractivity (Wildman–Crippen MR) is 81.5 cm³/mol. The van der Waals surface area contributed by atoms with E-state index in [-0.39, 0.29) is 11.5 Å². The smallest absolute Gasteiger partial charge is 0.352 e. The maximum absolute atomic E-state index is 12.1. The number of fused-ring (bicyclic) bond motifs is 1. The molecule has 0 fully saturated rings. The summed E-state index contributed by atoms with van der Waals surface area (Å²) >= 11 is 0. The molecule has 0 radical (unpaired) electrons. The number of hydrazine groups is 1. The van der Waals surface area contributed by atoms with Gasteiger partial charge in [0.1, 0.15) is 5.69 Å². The second-order valence-electron chi connectivity index (χ2n) is 5.35. The molecule has 1 aromatic carbocycles. The Hall–Kier alpha value is -2.44. The van der Waals surface area contributed by atoms with Crippen molar-refractivity contribution < 1.29 is 14.7 Å². The maximum atomic E-state index is 12.1. The zero-order valence-electron chi connectivity index (χ0n) is 12.0. The average Bonchev–Trinajstić information content (AvgIpc) is 2.89. The average molecular weight is 299 g/mol. The summed E-state index contributed by atoms with van der Waals surface area (Å²) < 4.78 is 0. The lowest BCUT2D eigenvalue weighted by atomic mass is 9.89. The van der Waals surface area contributed by atoms with Gasteiger partial charge < -0.3 is 10.1 Å². The molecule has 0 saturated heterocycles. The van der Waals surface area contributed by atoms with Crippen molar-refractivity contribution in [2.45, 2.75) is 25.8 Å². The Balaban J connectivity index is 2.26. The maximum Gasteiger partial charge on any atom is 0.352 e. The number of hydrogen-bond donors (Lipinski definition) is 4. The second-order valence-corrected chi connectivity index (χ2v) is 5.35. The Morgan fingerprint density at radius 3 is 2.82 bits per heavy atom. The molecule has 0 unspecified atom stereocenters. The Bertz CT molecular complexity index is 749. The van der Waals surface area contributed by atoms with Crippen molar-refractivity contribution in [3.8, 4) is 11.1 Å². The van der Waals surface area contributed by atoms with E-state index in [4.69, 9.17) is 5.84 Å². The minimum Gasteiger partial charge on any atom is -0.477 e. The molecule has 1 aromatic heterocycles. The van der Waals surface area contributed by atoms with E-state index in [1.165, 1.54) is 0 Å². The van der Waals surface area contributed by atoms with Crippen molar-refractivity contribution in [3.63, 3.8) is 0 Å². The number of aromatic nitrogens is 1. The van der Waals surface area contributed by atoms with Crippen LogP contribution in [0.25, 0.3) is 11.1 Å². The van der Waals surface area contributed by atoms with Crippen LogP contribution in [0.3, 0.4) is 0 Å². The summed E-state index contributed by atoms with van der Waals surface area (Å²) in [4.78, 5) is 26.5. The van der Waals surface area contributed by atoms with Gasteiger partial charge in [0.25, 0.3) is 0 Å². The number of aromatic amines is 1. The molecule has 1 aliphatic rings. The Kier molecular flexibility index (Phi) is 3.79. The van der Waals surface area contributed by atoms with Crippen LogP contribution >= 0.6 is 0 Å². The number of nitrogens with two attached hydrogens (primary N) is 1. The monoisotopic (exact) mass is 299 g/mol.